The summed E-state index contributed by atoms with van der Waals surface area (Å²) in [6, 6.07) is 1.11. The standard InChI is InChI=1S/C6H13NO2Si/c1-2-9-10-5-3-4-7-6-8/h2-5,10H2,1H3. The summed E-state index contributed by atoms with van der Waals surface area (Å²) in [6.07, 6.45) is 2.48. The fourth-order valence-electron chi connectivity index (χ4n) is 0.585. The Morgan fingerprint density at radius 2 is 2.50 bits per heavy atom. The molecule has 0 heterocycles. The minimum Gasteiger partial charge on any atom is -0.424 e. The second-order valence-corrected chi connectivity index (χ2v) is 3.40. The van der Waals surface area contributed by atoms with Gasteiger partial charge >= 0.3 is 0 Å². The summed E-state index contributed by atoms with van der Waals surface area (Å²) in [6.45, 7) is 3.43. The number of carbonyl (C=O) groups excluding carboxylic acids is 1. The summed E-state index contributed by atoms with van der Waals surface area (Å²) in [5, 5.41) is 0. The van der Waals surface area contributed by atoms with Gasteiger partial charge in [-0.25, -0.2) is 9.79 Å². The quantitative estimate of drug-likeness (QED) is 0.241. The van der Waals surface area contributed by atoms with E-state index in [1.54, 1.807) is 0 Å². The molecule has 0 bridgehead atoms. The lowest BCUT2D eigenvalue weighted by atomic mass is 10.5. The zero-order chi connectivity index (χ0) is 7.66. The third kappa shape index (κ3) is 7.56. The van der Waals surface area contributed by atoms with Crippen molar-refractivity contribution in [1.29, 1.82) is 0 Å². The van der Waals surface area contributed by atoms with Crippen LogP contribution in [0.15, 0.2) is 4.99 Å². The van der Waals surface area contributed by atoms with Gasteiger partial charge in [0.1, 0.15) is 0 Å². The van der Waals surface area contributed by atoms with Crippen LogP contribution in [0.1, 0.15) is 13.3 Å². The first-order chi connectivity index (χ1) is 4.91. The predicted molar refractivity (Wildman–Crippen MR) is 42.6 cm³/mol. The van der Waals surface area contributed by atoms with Crippen LogP contribution < -0.4 is 0 Å². The van der Waals surface area contributed by atoms with Crippen LogP contribution >= 0.6 is 0 Å². The summed E-state index contributed by atoms with van der Waals surface area (Å²) < 4.78 is 5.21. The molecule has 0 aliphatic carbocycles. The van der Waals surface area contributed by atoms with E-state index in [1.165, 1.54) is 6.08 Å². The molecular formula is C6H13NO2Si. The van der Waals surface area contributed by atoms with Crippen molar-refractivity contribution in [3.05, 3.63) is 0 Å². The van der Waals surface area contributed by atoms with Crippen molar-refractivity contribution in [2.45, 2.75) is 19.4 Å². The van der Waals surface area contributed by atoms with Gasteiger partial charge in [-0.3, -0.25) is 0 Å². The number of hydrogen-bond donors (Lipinski definition) is 0. The van der Waals surface area contributed by atoms with Gasteiger partial charge < -0.3 is 4.43 Å². The minimum atomic E-state index is -0.306. The average molecular weight is 159 g/mol. The Morgan fingerprint density at radius 3 is 3.10 bits per heavy atom. The molecule has 0 aromatic carbocycles. The van der Waals surface area contributed by atoms with Crippen LogP contribution in [-0.4, -0.2) is 29.0 Å². The molecule has 0 aliphatic heterocycles. The first kappa shape index (κ1) is 9.56. The van der Waals surface area contributed by atoms with Gasteiger partial charge in [0.05, 0.1) is 6.54 Å². The van der Waals surface area contributed by atoms with Crippen LogP contribution in [0.4, 0.5) is 0 Å². The fraction of sp³-hybridized carbons (Fsp3) is 0.833. The molecule has 58 valence electrons. The molecule has 4 heteroatoms. The molecular weight excluding hydrogens is 146 g/mol. The Labute approximate surface area is 63.4 Å². The molecule has 0 unspecified atom stereocenters. The Balaban J connectivity index is 2.83. The van der Waals surface area contributed by atoms with Gasteiger partial charge in [-0.05, 0) is 19.4 Å². The Morgan fingerprint density at radius 1 is 1.70 bits per heavy atom. The highest BCUT2D eigenvalue weighted by atomic mass is 28.2. The topological polar surface area (TPSA) is 38.7 Å². The van der Waals surface area contributed by atoms with Crippen molar-refractivity contribution in [3.63, 3.8) is 0 Å². The third-order valence-corrected chi connectivity index (χ3v) is 2.56. The van der Waals surface area contributed by atoms with Crippen LogP contribution in [0.3, 0.4) is 0 Å². The Bertz CT molecular complexity index is 112. The lowest BCUT2D eigenvalue weighted by molar-refractivity contribution is 0.359. The molecule has 0 fully saturated rings. The summed E-state index contributed by atoms with van der Waals surface area (Å²) in [5.74, 6) is 0. The molecule has 0 rings (SSSR count). The first-order valence-electron chi connectivity index (χ1n) is 3.53. The lowest BCUT2D eigenvalue weighted by Gasteiger charge is -1.95. The van der Waals surface area contributed by atoms with Crippen molar-refractivity contribution in [2.75, 3.05) is 13.2 Å². The molecule has 0 radical (unpaired) electrons. The monoisotopic (exact) mass is 159 g/mol. The van der Waals surface area contributed by atoms with E-state index in [0.29, 0.717) is 6.54 Å². The molecule has 0 aromatic heterocycles. The normalized spacial score (nSPS) is 10.1. The van der Waals surface area contributed by atoms with Crippen LogP contribution in [0.2, 0.25) is 6.04 Å². The largest absolute Gasteiger partial charge is 0.424 e. The highest BCUT2D eigenvalue weighted by Crippen LogP contribution is 1.88. The molecule has 0 amide bonds. The molecule has 0 N–H and O–H groups in total. The van der Waals surface area contributed by atoms with E-state index in [9.17, 15) is 4.79 Å². The highest BCUT2D eigenvalue weighted by molar-refractivity contribution is 6.26. The first-order valence-corrected chi connectivity index (χ1v) is 5.11. The van der Waals surface area contributed by atoms with Crippen molar-refractivity contribution in [2.24, 2.45) is 4.99 Å². The number of hydrogen-bond acceptors (Lipinski definition) is 3. The maximum absolute atomic E-state index is 9.58. The van der Waals surface area contributed by atoms with E-state index in [2.05, 4.69) is 4.99 Å². The SMILES string of the molecule is CCO[SiH2]CCCN=C=O. The molecule has 0 saturated carbocycles. The minimum absolute atomic E-state index is 0.306. The van der Waals surface area contributed by atoms with Crippen LogP contribution in [0.5, 0.6) is 0 Å². The average Bonchev–Trinajstić information content (AvgIpc) is 1.97. The van der Waals surface area contributed by atoms with Gasteiger partial charge in [0.2, 0.25) is 6.08 Å². The number of aliphatic imine (C=N–C) groups is 1. The van der Waals surface area contributed by atoms with E-state index in [1.807, 2.05) is 6.92 Å². The molecule has 3 nitrogen and oxygen atoms in total. The third-order valence-electron chi connectivity index (χ3n) is 1.08. The van der Waals surface area contributed by atoms with Crippen molar-refractivity contribution < 1.29 is 9.22 Å². The van der Waals surface area contributed by atoms with Crippen LogP contribution in [0, 0.1) is 0 Å². The van der Waals surface area contributed by atoms with E-state index < -0.39 is 0 Å². The Hall–Kier alpha value is -0.443. The Kier molecular flexibility index (Phi) is 8.18. The fourth-order valence-corrected chi connectivity index (χ4v) is 1.51. The second kappa shape index (κ2) is 8.56. The summed E-state index contributed by atoms with van der Waals surface area (Å²) in [7, 11) is -0.306. The summed E-state index contributed by atoms with van der Waals surface area (Å²) >= 11 is 0. The van der Waals surface area contributed by atoms with Crippen molar-refractivity contribution >= 4 is 15.8 Å². The zero-order valence-electron chi connectivity index (χ0n) is 6.30. The maximum atomic E-state index is 9.58. The molecule has 0 aliphatic rings. The molecule has 0 aromatic rings. The van der Waals surface area contributed by atoms with Gasteiger partial charge in [0.15, 0.2) is 9.76 Å². The lowest BCUT2D eigenvalue weighted by Crippen LogP contribution is -1.97. The van der Waals surface area contributed by atoms with E-state index in [4.69, 9.17) is 4.43 Å². The predicted octanol–water partition coefficient (Wildman–Crippen LogP) is 0.251. The van der Waals surface area contributed by atoms with Crippen molar-refractivity contribution in [1.82, 2.24) is 0 Å². The zero-order valence-corrected chi connectivity index (χ0v) is 7.71. The van der Waals surface area contributed by atoms with E-state index >= 15 is 0 Å². The molecule has 0 saturated heterocycles. The van der Waals surface area contributed by atoms with Gasteiger partial charge in [-0.1, -0.05) is 0 Å². The van der Waals surface area contributed by atoms with Gasteiger partial charge in [-0.2, -0.15) is 0 Å². The number of isocyanates is 1. The van der Waals surface area contributed by atoms with E-state index in [-0.39, 0.29) is 9.76 Å². The van der Waals surface area contributed by atoms with Gasteiger partial charge in [0.25, 0.3) is 0 Å². The highest BCUT2D eigenvalue weighted by Gasteiger charge is 1.86. The van der Waals surface area contributed by atoms with Crippen LogP contribution in [0.25, 0.3) is 0 Å². The summed E-state index contributed by atoms with van der Waals surface area (Å²) in [4.78, 5) is 13.0. The number of nitrogens with zero attached hydrogens (tertiary/aromatic N) is 1. The molecule has 0 atom stereocenters. The maximum Gasteiger partial charge on any atom is 0.234 e. The van der Waals surface area contributed by atoms with Crippen LogP contribution in [-0.2, 0) is 9.22 Å². The second-order valence-electron chi connectivity index (χ2n) is 1.88. The van der Waals surface area contributed by atoms with E-state index in [0.717, 1.165) is 19.1 Å². The molecule has 10 heavy (non-hydrogen) atoms. The summed E-state index contributed by atoms with van der Waals surface area (Å²) in [5.41, 5.74) is 0. The molecule has 0 spiro atoms. The number of rotatable bonds is 6. The van der Waals surface area contributed by atoms with Gasteiger partial charge in [-0.15, -0.1) is 0 Å². The van der Waals surface area contributed by atoms with Crippen molar-refractivity contribution in [3.8, 4) is 0 Å². The van der Waals surface area contributed by atoms with Gasteiger partial charge in [0, 0.05) is 6.61 Å². The smallest absolute Gasteiger partial charge is 0.234 e.